The van der Waals surface area contributed by atoms with Crippen molar-refractivity contribution in [2.45, 2.75) is 0 Å². The molecule has 146 valence electrons. The largest absolute Gasteiger partial charge is 0.308 e. The van der Waals surface area contributed by atoms with Crippen LogP contribution in [0.4, 0.5) is 0 Å². The molecule has 0 fully saturated rings. The summed E-state index contributed by atoms with van der Waals surface area (Å²) in [5.74, 6) is 0. The summed E-state index contributed by atoms with van der Waals surface area (Å²) in [6.45, 7) is 0. The molecule has 0 bridgehead atoms. The van der Waals surface area contributed by atoms with E-state index in [2.05, 4.69) is 106 Å². The van der Waals surface area contributed by atoms with Crippen LogP contribution in [0.2, 0.25) is 0 Å². The molecule has 0 unspecified atom stereocenters. The molecular formula is C30H16N2. The minimum absolute atomic E-state index is 1.29. The van der Waals surface area contributed by atoms with Crippen molar-refractivity contribution in [3.63, 3.8) is 0 Å². The fourth-order valence-corrected chi connectivity index (χ4v) is 6.44. The molecular weight excluding hydrogens is 388 g/mol. The van der Waals surface area contributed by atoms with Gasteiger partial charge in [0.25, 0.3) is 0 Å². The standard InChI is InChI=1S/C30H16N2/c1-3-13-23-17(7-1)19-9-5-11-21-27-25(31(23)29(19)21)15-16-26-28(27)22-12-6-10-20-18-8-2-4-14-24(18)32(26)30(20)22/h1-16H. The number of rotatable bonds is 0. The Morgan fingerprint density at radius 1 is 0.312 bits per heavy atom. The van der Waals surface area contributed by atoms with E-state index in [1.54, 1.807) is 0 Å². The number of nitrogens with zero attached hydrogens (tertiary/aromatic N) is 2. The summed E-state index contributed by atoms with van der Waals surface area (Å²) in [4.78, 5) is 0. The van der Waals surface area contributed by atoms with Crippen molar-refractivity contribution < 1.29 is 0 Å². The van der Waals surface area contributed by atoms with Gasteiger partial charge in [-0.05, 0) is 24.3 Å². The van der Waals surface area contributed by atoms with Gasteiger partial charge in [-0.15, -0.1) is 0 Å². The van der Waals surface area contributed by atoms with Crippen molar-refractivity contribution >= 4 is 76.2 Å². The Bertz CT molecular complexity index is 2030. The molecule has 5 aromatic carbocycles. The lowest BCUT2D eigenvalue weighted by Gasteiger charge is -2.02. The minimum atomic E-state index is 1.29. The van der Waals surface area contributed by atoms with Crippen molar-refractivity contribution in [1.29, 1.82) is 0 Å². The van der Waals surface area contributed by atoms with Gasteiger partial charge in [-0.25, -0.2) is 0 Å². The van der Waals surface area contributed by atoms with Crippen LogP contribution in [-0.4, -0.2) is 8.80 Å². The van der Waals surface area contributed by atoms with Crippen LogP contribution < -0.4 is 0 Å². The molecule has 0 spiro atoms. The number of hydrogen-bond acceptors (Lipinski definition) is 0. The van der Waals surface area contributed by atoms with E-state index in [0.29, 0.717) is 0 Å². The smallest absolute Gasteiger partial charge is 0.0620 e. The monoisotopic (exact) mass is 404 g/mol. The van der Waals surface area contributed by atoms with Crippen LogP contribution in [0.1, 0.15) is 0 Å². The first-order valence-electron chi connectivity index (χ1n) is 11.1. The predicted octanol–water partition coefficient (Wildman–Crippen LogP) is 7.99. The molecule has 2 nitrogen and oxygen atoms in total. The summed E-state index contributed by atoms with van der Waals surface area (Å²) >= 11 is 0. The molecule has 0 aliphatic carbocycles. The van der Waals surface area contributed by atoms with Crippen LogP contribution in [0.5, 0.6) is 0 Å². The first-order chi connectivity index (χ1) is 15.9. The molecule has 4 heterocycles. The van der Waals surface area contributed by atoms with E-state index in [1.165, 1.54) is 76.2 Å². The zero-order chi connectivity index (χ0) is 20.6. The number of fused-ring (bicyclic) bond motifs is 13. The Labute approximate surface area is 182 Å². The third kappa shape index (κ3) is 1.49. The zero-order valence-electron chi connectivity index (χ0n) is 17.1. The molecule has 2 heteroatoms. The van der Waals surface area contributed by atoms with E-state index in [4.69, 9.17) is 0 Å². The summed E-state index contributed by atoms with van der Waals surface area (Å²) in [5.41, 5.74) is 7.84. The molecule has 4 aromatic heterocycles. The average molecular weight is 404 g/mol. The number of benzene rings is 5. The highest BCUT2D eigenvalue weighted by Crippen LogP contribution is 2.46. The second kappa shape index (κ2) is 4.95. The normalized spacial score (nSPS) is 13.0. The van der Waals surface area contributed by atoms with Gasteiger partial charge in [0.1, 0.15) is 0 Å². The van der Waals surface area contributed by atoms with Crippen molar-refractivity contribution in [3.8, 4) is 0 Å². The van der Waals surface area contributed by atoms with Crippen molar-refractivity contribution in [3.05, 3.63) is 97.1 Å². The summed E-state index contributed by atoms with van der Waals surface area (Å²) in [5, 5.41) is 10.8. The summed E-state index contributed by atoms with van der Waals surface area (Å²) in [6, 6.07) is 35.8. The maximum absolute atomic E-state index is 2.47. The van der Waals surface area contributed by atoms with Crippen LogP contribution in [0.3, 0.4) is 0 Å². The van der Waals surface area contributed by atoms with Crippen LogP contribution in [0, 0.1) is 0 Å². The predicted molar refractivity (Wildman–Crippen MR) is 136 cm³/mol. The van der Waals surface area contributed by atoms with Crippen molar-refractivity contribution in [2.75, 3.05) is 0 Å². The molecule has 32 heavy (non-hydrogen) atoms. The highest BCUT2D eigenvalue weighted by Gasteiger charge is 2.23. The molecule has 0 N–H and O–H groups in total. The van der Waals surface area contributed by atoms with Gasteiger partial charge >= 0.3 is 0 Å². The van der Waals surface area contributed by atoms with Crippen LogP contribution in [0.25, 0.3) is 76.2 Å². The maximum atomic E-state index is 2.47. The van der Waals surface area contributed by atoms with Gasteiger partial charge in [-0.2, -0.15) is 0 Å². The first-order valence-corrected chi connectivity index (χ1v) is 11.1. The first kappa shape index (κ1) is 15.5. The Morgan fingerprint density at radius 3 is 1.22 bits per heavy atom. The van der Waals surface area contributed by atoms with E-state index in [9.17, 15) is 0 Å². The third-order valence-corrected chi connectivity index (χ3v) is 7.57. The fourth-order valence-electron chi connectivity index (χ4n) is 6.44. The Morgan fingerprint density at radius 2 is 0.719 bits per heavy atom. The second-order valence-corrected chi connectivity index (χ2v) is 8.96. The molecule has 0 amide bonds. The lowest BCUT2D eigenvalue weighted by atomic mass is 10.0. The number of hydrogen-bond donors (Lipinski definition) is 0. The summed E-state index contributed by atoms with van der Waals surface area (Å²) in [6.07, 6.45) is 0. The molecule has 0 atom stereocenters. The molecule has 0 aliphatic heterocycles. The van der Waals surface area contributed by atoms with Gasteiger partial charge < -0.3 is 8.80 Å². The van der Waals surface area contributed by atoms with Gasteiger partial charge in [-0.1, -0.05) is 72.8 Å². The second-order valence-electron chi connectivity index (χ2n) is 8.96. The van der Waals surface area contributed by atoms with E-state index < -0.39 is 0 Å². The Kier molecular flexibility index (Phi) is 2.40. The number of aromatic nitrogens is 2. The van der Waals surface area contributed by atoms with Gasteiger partial charge in [0.05, 0.1) is 33.1 Å². The van der Waals surface area contributed by atoms with Gasteiger partial charge in [0, 0.05) is 43.1 Å². The van der Waals surface area contributed by atoms with Crippen molar-refractivity contribution in [2.24, 2.45) is 0 Å². The quantitative estimate of drug-likeness (QED) is 0.242. The molecule has 9 aromatic rings. The highest BCUT2D eigenvalue weighted by molar-refractivity contribution is 6.35. The summed E-state index contributed by atoms with van der Waals surface area (Å²) in [7, 11) is 0. The van der Waals surface area contributed by atoms with E-state index >= 15 is 0 Å². The Balaban J connectivity index is 1.67. The zero-order valence-corrected chi connectivity index (χ0v) is 17.1. The lowest BCUT2D eigenvalue weighted by molar-refractivity contribution is 1.36. The van der Waals surface area contributed by atoms with E-state index in [1.807, 2.05) is 0 Å². The minimum Gasteiger partial charge on any atom is -0.308 e. The summed E-state index contributed by atoms with van der Waals surface area (Å²) < 4.78 is 4.95. The fraction of sp³-hybridized carbons (Fsp3) is 0. The van der Waals surface area contributed by atoms with E-state index in [-0.39, 0.29) is 0 Å². The lowest BCUT2D eigenvalue weighted by Crippen LogP contribution is -1.82. The van der Waals surface area contributed by atoms with Crippen LogP contribution in [-0.2, 0) is 0 Å². The van der Waals surface area contributed by atoms with Crippen molar-refractivity contribution in [1.82, 2.24) is 8.80 Å². The highest BCUT2D eigenvalue weighted by atomic mass is 14.9. The third-order valence-electron chi connectivity index (χ3n) is 7.57. The van der Waals surface area contributed by atoms with Gasteiger partial charge in [-0.3, -0.25) is 0 Å². The van der Waals surface area contributed by atoms with Crippen LogP contribution >= 0.6 is 0 Å². The topological polar surface area (TPSA) is 8.82 Å². The van der Waals surface area contributed by atoms with E-state index in [0.717, 1.165) is 0 Å². The number of para-hydroxylation sites is 4. The SMILES string of the molecule is c1ccc2c(c1)c1cccc3c4c5c6cccc7c8ccccc8n(c5ccc4n2c13)c76. The molecule has 0 radical (unpaired) electrons. The molecule has 9 rings (SSSR count). The maximum Gasteiger partial charge on any atom is 0.0620 e. The average Bonchev–Trinajstić information content (AvgIpc) is 3.56. The molecule has 0 aliphatic rings. The molecule has 0 saturated heterocycles. The van der Waals surface area contributed by atoms with Crippen LogP contribution in [0.15, 0.2) is 97.1 Å². The van der Waals surface area contributed by atoms with Gasteiger partial charge in [0.15, 0.2) is 0 Å². The Hall–Kier alpha value is -4.30. The van der Waals surface area contributed by atoms with Gasteiger partial charge in [0.2, 0.25) is 0 Å². The molecule has 0 saturated carbocycles.